The molecule has 0 amide bonds. The highest BCUT2D eigenvalue weighted by molar-refractivity contribution is 5.23. The van der Waals surface area contributed by atoms with Crippen LogP contribution in [0.5, 0.6) is 5.75 Å². The third-order valence-electron chi connectivity index (χ3n) is 3.80. The molecule has 1 aliphatic rings. The van der Waals surface area contributed by atoms with Gasteiger partial charge in [0.05, 0.1) is 6.07 Å². The first-order valence-corrected chi connectivity index (χ1v) is 9.04. The second kappa shape index (κ2) is 11.1. The van der Waals surface area contributed by atoms with Crippen molar-refractivity contribution in [3.05, 3.63) is 64.5 Å². The van der Waals surface area contributed by atoms with Crippen molar-refractivity contribution in [1.82, 2.24) is 0 Å². The summed E-state index contributed by atoms with van der Waals surface area (Å²) >= 11 is 0. The predicted molar refractivity (Wildman–Crippen MR) is 101 cm³/mol. The van der Waals surface area contributed by atoms with Crippen molar-refractivity contribution in [2.45, 2.75) is 58.3 Å². The van der Waals surface area contributed by atoms with Crippen LogP contribution in [0, 0.1) is 11.8 Å². The molecule has 0 spiro atoms. The molecule has 0 saturated heterocycles. The average Bonchev–Trinajstić information content (AvgIpc) is 2.60. The molecule has 0 saturated carbocycles. The van der Waals surface area contributed by atoms with Gasteiger partial charge >= 0.3 is 5.63 Å². The van der Waals surface area contributed by atoms with Crippen molar-refractivity contribution in [2.24, 2.45) is 0 Å². The minimum atomic E-state index is -0.361. The van der Waals surface area contributed by atoms with Gasteiger partial charge in [0.1, 0.15) is 17.3 Å². The highest BCUT2D eigenvalue weighted by Crippen LogP contribution is 2.17. The van der Waals surface area contributed by atoms with E-state index >= 15 is 0 Å². The molecule has 25 heavy (non-hydrogen) atoms. The number of aryl methyl sites for hydroxylation is 1. The zero-order chi connectivity index (χ0) is 17.7. The Morgan fingerprint density at radius 1 is 1.04 bits per heavy atom. The highest BCUT2D eigenvalue weighted by Gasteiger charge is 2.05. The Morgan fingerprint density at radius 3 is 2.76 bits per heavy atom. The molecule has 0 atom stereocenters. The summed E-state index contributed by atoms with van der Waals surface area (Å²) in [7, 11) is 0. The van der Waals surface area contributed by atoms with Gasteiger partial charge < -0.3 is 9.15 Å². The first-order chi connectivity index (χ1) is 12.3. The van der Waals surface area contributed by atoms with Crippen molar-refractivity contribution in [3.8, 4) is 17.6 Å². The summed E-state index contributed by atoms with van der Waals surface area (Å²) in [5.41, 5.74) is -0.361. The molecule has 3 nitrogen and oxygen atoms in total. The van der Waals surface area contributed by atoms with Gasteiger partial charge in [-0.2, -0.15) is 0 Å². The van der Waals surface area contributed by atoms with E-state index in [9.17, 15) is 4.79 Å². The SMILES string of the molecule is CC/C1=C/C/C=C\C/C=C\CC#CCCCCc2cc(cc(=O)o2)O1. The van der Waals surface area contributed by atoms with Crippen LogP contribution in [-0.4, -0.2) is 0 Å². The van der Waals surface area contributed by atoms with Crippen molar-refractivity contribution >= 4 is 0 Å². The molecule has 0 radical (unpaired) electrons. The van der Waals surface area contributed by atoms with Gasteiger partial charge in [-0.25, -0.2) is 4.79 Å². The molecule has 0 aromatic carbocycles. The van der Waals surface area contributed by atoms with Crippen LogP contribution in [-0.2, 0) is 6.42 Å². The summed E-state index contributed by atoms with van der Waals surface area (Å²) in [6.07, 6.45) is 17.4. The van der Waals surface area contributed by atoms with E-state index in [4.69, 9.17) is 9.15 Å². The van der Waals surface area contributed by atoms with Gasteiger partial charge in [-0.05, 0) is 31.8 Å². The van der Waals surface area contributed by atoms with E-state index in [1.807, 2.05) is 19.1 Å². The number of allylic oxidation sites excluding steroid dienone is 6. The molecule has 3 heteroatoms. The Balaban J connectivity index is 2.14. The third-order valence-corrected chi connectivity index (χ3v) is 3.80. The maximum absolute atomic E-state index is 11.8. The first kappa shape index (κ1) is 18.9. The molecule has 1 aliphatic heterocycles. The summed E-state index contributed by atoms with van der Waals surface area (Å²) < 4.78 is 11.2. The van der Waals surface area contributed by atoms with Crippen LogP contribution < -0.4 is 10.4 Å². The molecule has 1 aromatic heterocycles. The summed E-state index contributed by atoms with van der Waals surface area (Å²) in [5.74, 6) is 8.45. The summed E-state index contributed by atoms with van der Waals surface area (Å²) in [6.45, 7) is 2.04. The van der Waals surface area contributed by atoms with Crippen LogP contribution in [0.3, 0.4) is 0 Å². The normalized spacial score (nSPS) is 21.1. The number of rotatable bonds is 1. The van der Waals surface area contributed by atoms with Gasteiger partial charge in [0.15, 0.2) is 0 Å². The monoisotopic (exact) mass is 338 g/mol. The van der Waals surface area contributed by atoms with Gasteiger partial charge in [-0.1, -0.05) is 37.1 Å². The predicted octanol–water partition coefficient (Wildman–Crippen LogP) is 5.33. The Kier molecular flexibility index (Phi) is 8.41. The van der Waals surface area contributed by atoms with Crippen LogP contribution >= 0.6 is 0 Å². The topological polar surface area (TPSA) is 39.4 Å². The van der Waals surface area contributed by atoms with Crippen LogP contribution in [0.4, 0.5) is 0 Å². The fourth-order valence-corrected chi connectivity index (χ4v) is 2.48. The second-order valence-electron chi connectivity index (χ2n) is 5.88. The number of ether oxygens (including phenoxy) is 1. The zero-order valence-electron chi connectivity index (χ0n) is 14.9. The number of hydrogen-bond acceptors (Lipinski definition) is 3. The van der Waals surface area contributed by atoms with E-state index < -0.39 is 0 Å². The largest absolute Gasteiger partial charge is 0.462 e. The van der Waals surface area contributed by atoms with Gasteiger partial charge in [-0.15, -0.1) is 5.92 Å². The van der Waals surface area contributed by atoms with Gasteiger partial charge in [-0.3, -0.25) is 0 Å². The number of fused-ring (bicyclic) bond motifs is 2. The van der Waals surface area contributed by atoms with Gasteiger partial charge in [0.25, 0.3) is 0 Å². The lowest BCUT2D eigenvalue weighted by molar-refractivity contribution is 0.386. The van der Waals surface area contributed by atoms with Crippen LogP contribution in [0.2, 0.25) is 0 Å². The third kappa shape index (κ3) is 7.76. The Bertz CT molecular complexity index is 739. The zero-order valence-corrected chi connectivity index (χ0v) is 14.9. The van der Waals surface area contributed by atoms with Gasteiger partial charge in [0, 0.05) is 31.7 Å². The molecule has 0 fully saturated rings. The molecule has 132 valence electrons. The molecule has 0 aliphatic carbocycles. The van der Waals surface area contributed by atoms with E-state index in [1.54, 1.807) is 0 Å². The Morgan fingerprint density at radius 2 is 1.88 bits per heavy atom. The molecule has 2 rings (SSSR count). The van der Waals surface area contributed by atoms with Crippen molar-refractivity contribution in [1.29, 1.82) is 0 Å². The maximum atomic E-state index is 11.8. The first-order valence-electron chi connectivity index (χ1n) is 9.04. The van der Waals surface area contributed by atoms with E-state index in [0.29, 0.717) is 11.5 Å². The van der Waals surface area contributed by atoms with Crippen LogP contribution in [0.25, 0.3) is 0 Å². The molecule has 0 N–H and O–H groups in total. The minimum absolute atomic E-state index is 0.361. The second-order valence-corrected chi connectivity index (χ2v) is 5.88. The standard InChI is InChI=1S/C22H26O3/c1-2-19-15-13-11-9-7-5-3-4-6-8-10-12-14-16-20-17-21(24-19)18-22(23)25-20/h3,5,9,11,15,17-18H,2,4,7,10,12-14,16H2,1H3/b5-3-,11-9-,19-15-. The molecular weight excluding hydrogens is 312 g/mol. The molecule has 2 heterocycles. The van der Waals surface area contributed by atoms with Crippen molar-refractivity contribution in [2.75, 3.05) is 0 Å². The summed E-state index contributed by atoms with van der Waals surface area (Å²) in [4.78, 5) is 11.8. The van der Waals surface area contributed by atoms with Crippen LogP contribution in [0.15, 0.2) is 57.5 Å². The molecular formula is C22H26O3. The quantitative estimate of drug-likeness (QED) is 0.513. The Hall–Kier alpha value is -2.47. The van der Waals surface area contributed by atoms with Crippen LogP contribution in [0.1, 0.15) is 57.6 Å². The lowest BCUT2D eigenvalue weighted by Crippen LogP contribution is -2.03. The van der Waals surface area contributed by atoms with E-state index in [-0.39, 0.29) is 5.63 Å². The lowest BCUT2D eigenvalue weighted by atomic mass is 10.1. The molecule has 2 bridgehead atoms. The van der Waals surface area contributed by atoms with Crippen molar-refractivity contribution < 1.29 is 9.15 Å². The van der Waals surface area contributed by atoms with E-state index in [0.717, 1.165) is 57.1 Å². The molecule has 0 unspecified atom stereocenters. The van der Waals surface area contributed by atoms with Gasteiger partial charge in [0.2, 0.25) is 0 Å². The highest BCUT2D eigenvalue weighted by atomic mass is 16.5. The van der Waals surface area contributed by atoms with E-state index in [1.165, 1.54) is 6.07 Å². The lowest BCUT2D eigenvalue weighted by Gasteiger charge is -2.09. The fourth-order valence-electron chi connectivity index (χ4n) is 2.48. The van der Waals surface area contributed by atoms with E-state index in [2.05, 4.69) is 36.1 Å². The minimum Gasteiger partial charge on any atom is -0.462 e. The summed E-state index contributed by atoms with van der Waals surface area (Å²) in [6, 6.07) is 3.23. The van der Waals surface area contributed by atoms with Crippen molar-refractivity contribution in [3.63, 3.8) is 0 Å². The Labute approximate surface area is 150 Å². The smallest absolute Gasteiger partial charge is 0.339 e. The molecule has 1 aromatic rings. The maximum Gasteiger partial charge on any atom is 0.339 e. The summed E-state index contributed by atoms with van der Waals surface area (Å²) in [5, 5.41) is 0. The average molecular weight is 338 g/mol. The fraction of sp³-hybridized carbons (Fsp3) is 0.409. The number of hydrogen-bond donors (Lipinski definition) is 0.